The molecule has 2 heterocycles. The van der Waals surface area contributed by atoms with Gasteiger partial charge in [-0.3, -0.25) is 0 Å². The van der Waals surface area contributed by atoms with Gasteiger partial charge in [0, 0.05) is 31.6 Å². The van der Waals surface area contributed by atoms with Crippen LogP contribution in [0.15, 0.2) is 6.33 Å². The first-order chi connectivity index (χ1) is 8.43. The molecule has 0 aromatic carbocycles. The van der Waals surface area contributed by atoms with E-state index in [1.54, 1.807) is 6.33 Å². The smallest absolute Gasteiger partial charge is 0.134 e. The van der Waals surface area contributed by atoms with Crippen molar-refractivity contribution in [2.24, 2.45) is 5.92 Å². The summed E-state index contributed by atoms with van der Waals surface area (Å²) in [7, 11) is 0. The van der Waals surface area contributed by atoms with Gasteiger partial charge in [-0.05, 0) is 12.3 Å². The lowest BCUT2D eigenvalue weighted by atomic mass is 9.83. The zero-order valence-electron chi connectivity index (χ0n) is 10.2. The molecule has 4 nitrogen and oxygen atoms in total. The minimum absolute atomic E-state index is 0.905. The maximum absolute atomic E-state index is 4.37. The molecule has 3 rings (SSSR count). The number of aromatic nitrogens is 2. The van der Waals surface area contributed by atoms with Crippen LogP contribution in [-0.4, -0.2) is 23.1 Å². The molecule has 0 saturated heterocycles. The summed E-state index contributed by atoms with van der Waals surface area (Å²) in [5, 5.41) is 6.86. The zero-order chi connectivity index (χ0) is 11.5. The number of hydrogen-bond acceptors (Lipinski definition) is 4. The van der Waals surface area contributed by atoms with E-state index >= 15 is 0 Å². The van der Waals surface area contributed by atoms with Gasteiger partial charge in [0.1, 0.15) is 12.1 Å². The van der Waals surface area contributed by atoms with Crippen molar-refractivity contribution in [2.45, 2.75) is 38.6 Å². The number of rotatable bonds is 4. The fourth-order valence-corrected chi connectivity index (χ4v) is 2.60. The van der Waals surface area contributed by atoms with Crippen LogP contribution in [0.4, 0.5) is 5.82 Å². The fourth-order valence-electron chi connectivity index (χ4n) is 2.60. The molecule has 1 aromatic rings. The Morgan fingerprint density at radius 2 is 2.29 bits per heavy atom. The van der Waals surface area contributed by atoms with Crippen LogP contribution in [0.3, 0.4) is 0 Å². The Morgan fingerprint density at radius 3 is 3.12 bits per heavy atom. The molecule has 2 N–H and O–H groups in total. The van der Waals surface area contributed by atoms with Gasteiger partial charge in [0.05, 0.1) is 5.69 Å². The molecule has 1 fully saturated rings. The Morgan fingerprint density at radius 1 is 1.35 bits per heavy atom. The summed E-state index contributed by atoms with van der Waals surface area (Å²) in [5.74, 6) is 2.00. The number of nitrogens with one attached hydrogen (secondary N) is 2. The van der Waals surface area contributed by atoms with E-state index in [1.165, 1.54) is 36.9 Å². The molecule has 92 valence electrons. The number of fused-ring (bicyclic) bond motifs is 1. The minimum Gasteiger partial charge on any atom is -0.370 e. The van der Waals surface area contributed by atoms with E-state index in [4.69, 9.17) is 0 Å². The van der Waals surface area contributed by atoms with Crippen LogP contribution in [0.5, 0.6) is 0 Å². The minimum atomic E-state index is 0.905. The topological polar surface area (TPSA) is 49.8 Å². The normalized spacial score (nSPS) is 19.5. The number of hydrogen-bond donors (Lipinski definition) is 2. The van der Waals surface area contributed by atoms with Gasteiger partial charge >= 0.3 is 0 Å². The first kappa shape index (κ1) is 11.0. The van der Waals surface area contributed by atoms with Crippen molar-refractivity contribution in [3.63, 3.8) is 0 Å². The Labute approximate surface area is 102 Å². The summed E-state index contributed by atoms with van der Waals surface area (Å²) in [6, 6.07) is 0. The molecule has 1 saturated carbocycles. The van der Waals surface area contributed by atoms with E-state index in [0.717, 1.165) is 37.8 Å². The molecule has 17 heavy (non-hydrogen) atoms. The van der Waals surface area contributed by atoms with Crippen LogP contribution in [-0.2, 0) is 13.0 Å². The van der Waals surface area contributed by atoms with E-state index < -0.39 is 0 Å². The van der Waals surface area contributed by atoms with Gasteiger partial charge in [-0.25, -0.2) is 9.97 Å². The van der Waals surface area contributed by atoms with Gasteiger partial charge < -0.3 is 10.6 Å². The maximum Gasteiger partial charge on any atom is 0.134 e. The van der Waals surface area contributed by atoms with Crippen molar-refractivity contribution >= 4 is 5.82 Å². The zero-order valence-corrected chi connectivity index (χ0v) is 10.2. The Hall–Kier alpha value is -1.16. The van der Waals surface area contributed by atoms with Crippen molar-refractivity contribution in [3.8, 4) is 0 Å². The molecule has 0 amide bonds. The summed E-state index contributed by atoms with van der Waals surface area (Å²) in [6.45, 7) is 2.99. The van der Waals surface area contributed by atoms with Gasteiger partial charge in [-0.15, -0.1) is 0 Å². The van der Waals surface area contributed by atoms with E-state index in [9.17, 15) is 0 Å². The summed E-state index contributed by atoms with van der Waals surface area (Å²) >= 11 is 0. The van der Waals surface area contributed by atoms with Crippen molar-refractivity contribution in [2.75, 3.05) is 18.4 Å². The lowest BCUT2D eigenvalue weighted by Gasteiger charge is -2.25. The SMILES string of the molecule is c1nc2c(c(NCCC3CCC3)n1)CNCC2. The lowest BCUT2D eigenvalue weighted by molar-refractivity contribution is 0.303. The molecular formula is C13H20N4. The van der Waals surface area contributed by atoms with Crippen LogP contribution >= 0.6 is 0 Å². The third kappa shape index (κ3) is 2.41. The first-order valence-electron chi connectivity index (χ1n) is 6.71. The molecule has 4 heteroatoms. The molecule has 0 unspecified atom stereocenters. The molecule has 0 bridgehead atoms. The van der Waals surface area contributed by atoms with Gasteiger partial charge in [-0.2, -0.15) is 0 Å². The van der Waals surface area contributed by atoms with Gasteiger partial charge in [0.25, 0.3) is 0 Å². The highest BCUT2D eigenvalue weighted by atomic mass is 15.0. The molecule has 0 spiro atoms. The number of nitrogens with zero attached hydrogens (tertiary/aromatic N) is 2. The average Bonchev–Trinajstić information content (AvgIpc) is 2.32. The largest absolute Gasteiger partial charge is 0.370 e. The van der Waals surface area contributed by atoms with E-state index in [-0.39, 0.29) is 0 Å². The fraction of sp³-hybridized carbons (Fsp3) is 0.692. The second kappa shape index (κ2) is 5.00. The highest BCUT2D eigenvalue weighted by molar-refractivity contribution is 5.46. The van der Waals surface area contributed by atoms with Gasteiger partial charge in [-0.1, -0.05) is 19.3 Å². The number of anilines is 1. The summed E-state index contributed by atoms with van der Waals surface area (Å²) < 4.78 is 0. The quantitative estimate of drug-likeness (QED) is 0.830. The van der Waals surface area contributed by atoms with E-state index in [0.29, 0.717) is 0 Å². The standard InChI is InChI=1S/C13H20N4/c1-2-10(3-1)4-7-15-13-11-8-14-6-5-12(11)16-9-17-13/h9-10,14H,1-8H2,(H,15,16,17). The third-order valence-electron chi connectivity index (χ3n) is 3.94. The van der Waals surface area contributed by atoms with Crippen LogP contribution in [0.25, 0.3) is 0 Å². The van der Waals surface area contributed by atoms with Gasteiger partial charge in [0.2, 0.25) is 0 Å². The van der Waals surface area contributed by atoms with Crippen LogP contribution in [0, 0.1) is 5.92 Å². The average molecular weight is 232 g/mol. The summed E-state index contributed by atoms with van der Waals surface area (Å²) in [5.41, 5.74) is 2.48. The lowest BCUT2D eigenvalue weighted by Crippen LogP contribution is -2.26. The van der Waals surface area contributed by atoms with Crippen LogP contribution in [0.1, 0.15) is 36.9 Å². The molecule has 1 aromatic heterocycles. The van der Waals surface area contributed by atoms with Crippen molar-refractivity contribution < 1.29 is 0 Å². The molecule has 1 aliphatic carbocycles. The van der Waals surface area contributed by atoms with Crippen LogP contribution in [0.2, 0.25) is 0 Å². The van der Waals surface area contributed by atoms with Crippen molar-refractivity contribution in [3.05, 3.63) is 17.6 Å². The highest BCUT2D eigenvalue weighted by Gasteiger charge is 2.18. The summed E-state index contributed by atoms with van der Waals surface area (Å²) in [6.07, 6.45) is 8.27. The summed E-state index contributed by atoms with van der Waals surface area (Å²) in [4.78, 5) is 8.73. The van der Waals surface area contributed by atoms with E-state index in [1.807, 2.05) is 0 Å². The maximum atomic E-state index is 4.37. The third-order valence-corrected chi connectivity index (χ3v) is 3.94. The predicted octanol–water partition coefficient (Wildman–Crippen LogP) is 1.72. The Balaban J connectivity index is 1.61. The predicted molar refractivity (Wildman–Crippen MR) is 67.9 cm³/mol. The van der Waals surface area contributed by atoms with Crippen LogP contribution < -0.4 is 10.6 Å². The molecule has 0 radical (unpaired) electrons. The van der Waals surface area contributed by atoms with Crippen molar-refractivity contribution in [1.29, 1.82) is 0 Å². The van der Waals surface area contributed by atoms with Crippen molar-refractivity contribution in [1.82, 2.24) is 15.3 Å². The monoisotopic (exact) mass is 232 g/mol. The molecule has 2 aliphatic rings. The Kier molecular flexibility index (Phi) is 3.22. The second-order valence-corrected chi connectivity index (χ2v) is 5.09. The van der Waals surface area contributed by atoms with E-state index in [2.05, 4.69) is 20.6 Å². The highest BCUT2D eigenvalue weighted by Crippen LogP contribution is 2.29. The molecule has 1 aliphatic heterocycles. The first-order valence-corrected chi connectivity index (χ1v) is 6.71. The molecular weight excluding hydrogens is 212 g/mol. The molecule has 0 atom stereocenters. The van der Waals surface area contributed by atoms with Gasteiger partial charge in [0.15, 0.2) is 0 Å². The Bertz CT molecular complexity index is 387. The second-order valence-electron chi connectivity index (χ2n) is 5.09.